The fourth-order valence-electron chi connectivity index (χ4n) is 3.40. The van der Waals surface area contributed by atoms with Crippen molar-refractivity contribution in [2.45, 2.75) is 31.7 Å². The average molecular weight is 434 g/mol. The van der Waals surface area contributed by atoms with E-state index in [1.54, 1.807) is 25.3 Å². The molecule has 7 nitrogen and oxygen atoms in total. The van der Waals surface area contributed by atoms with Crippen LogP contribution in [0.25, 0.3) is 0 Å². The molecule has 1 aliphatic heterocycles. The van der Waals surface area contributed by atoms with Crippen LogP contribution < -0.4 is 10.1 Å². The molecule has 1 aliphatic rings. The van der Waals surface area contributed by atoms with E-state index < -0.39 is 5.97 Å². The first-order chi connectivity index (χ1) is 12.9. The predicted molar refractivity (Wildman–Crippen MR) is 113 cm³/mol. The molecule has 1 aromatic carbocycles. The molecule has 1 fully saturated rings. The lowest BCUT2D eigenvalue weighted by molar-refractivity contribution is -0.138. The van der Waals surface area contributed by atoms with Crippen molar-refractivity contribution >= 4 is 41.6 Å². The SMILES string of the molecule is COc1ccc(Cl)cc1NC(=O)CCN1CCCC(N(C)CC(=O)O)CC1.Cl. The lowest BCUT2D eigenvalue weighted by Gasteiger charge is -2.25. The van der Waals surface area contributed by atoms with Crippen molar-refractivity contribution in [2.24, 2.45) is 0 Å². The van der Waals surface area contributed by atoms with Crippen molar-refractivity contribution in [3.63, 3.8) is 0 Å². The summed E-state index contributed by atoms with van der Waals surface area (Å²) in [6.45, 7) is 2.52. The average Bonchev–Trinajstić information content (AvgIpc) is 2.85. The fourth-order valence-corrected chi connectivity index (χ4v) is 3.57. The first-order valence-corrected chi connectivity index (χ1v) is 9.54. The summed E-state index contributed by atoms with van der Waals surface area (Å²) in [6.07, 6.45) is 3.27. The van der Waals surface area contributed by atoms with Gasteiger partial charge in [0.05, 0.1) is 19.3 Å². The van der Waals surface area contributed by atoms with Gasteiger partial charge in [-0.2, -0.15) is 0 Å². The lowest BCUT2D eigenvalue weighted by Crippen LogP contribution is -2.36. The molecule has 0 saturated carbocycles. The monoisotopic (exact) mass is 433 g/mol. The number of carboxylic acids is 1. The maximum Gasteiger partial charge on any atom is 0.317 e. The zero-order valence-electron chi connectivity index (χ0n) is 16.3. The Morgan fingerprint density at radius 2 is 2.11 bits per heavy atom. The number of ether oxygens (including phenoxy) is 1. The summed E-state index contributed by atoms with van der Waals surface area (Å²) >= 11 is 5.99. The Labute approximate surface area is 177 Å². The fraction of sp³-hybridized carbons (Fsp3) is 0.579. The van der Waals surface area contributed by atoms with Gasteiger partial charge >= 0.3 is 5.97 Å². The molecule has 0 aromatic heterocycles. The molecule has 1 heterocycles. The smallest absolute Gasteiger partial charge is 0.317 e. The minimum atomic E-state index is -0.799. The van der Waals surface area contributed by atoms with E-state index in [9.17, 15) is 9.59 Å². The number of nitrogens with one attached hydrogen (secondary N) is 1. The lowest BCUT2D eigenvalue weighted by atomic mass is 10.1. The molecule has 2 N–H and O–H groups in total. The van der Waals surface area contributed by atoms with Gasteiger partial charge in [0.1, 0.15) is 5.75 Å². The molecular formula is C19H29Cl2N3O4. The summed E-state index contributed by atoms with van der Waals surface area (Å²) in [6, 6.07) is 5.38. The number of likely N-dealkylation sites (tertiary alicyclic amines) is 1. The standard InChI is InChI=1S/C19H28ClN3O4.ClH/c1-22(13-19(25)26)15-4-3-9-23(10-7-15)11-8-18(24)21-16-12-14(20)5-6-17(16)27-2;/h5-6,12,15H,3-4,7-11,13H2,1-2H3,(H,21,24)(H,25,26);1H. The van der Waals surface area contributed by atoms with E-state index in [1.165, 1.54) is 0 Å². The van der Waals surface area contributed by atoms with Crippen molar-refractivity contribution < 1.29 is 19.4 Å². The molecular weight excluding hydrogens is 405 g/mol. The highest BCUT2D eigenvalue weighted by Gasteiger charge is 2.22. The Morgan fingerprint density at radius 1 is 1.36 bits per heavy atom. The Hall–Kier alpha value is -1.54. The largest absolute Gasteiger partial charge is 0.495 e. The minimum Gasteiger partial charge on any atom is -0.495 e. The van der Waals surface area contributed by atoms with Crippen molar-refractivity contribution in [1.82, 2.24) is 9.80 Å². The highest BCUT2D eigenvalue weighted by atomic mass is 35.5. The number of hydrogen-bond donors (Lipinski definition) is 2. The first kappa shape index (κ1) is 24.5. The normalized spacial score (nSPS) is 17.5. The van der Waals surface area contributed by atoms with Crippen molar-refractivity contribution in [3.8, 4) is 5.75 Å². The minimum absolute atomic E-state index is 0. The Balaban J connectivity index is 0.00000392. The summed E-state index contributed by atoms with van der Waals surface area (Å²) in [7, 11) is 3.41. The van der Waals surface area contributed by atoms with Crippen LogP contribution >= 0.6 is 24.0 Å². The number of methoxy groups -OCH3 is 1. The van der Waals surface area contributed by atoms with Gasteiger partial charge in [0.15, 0.2) is 0 Å². The van der Waals surface area contributed by atoms with E-state index in [0.29, 0.717) is 29.4 Å². The number of aliphatic carboxylic acids is 1. The quantitative estimate of drug-likeness (QED) is 0.655. The number of benzene rings is 1. The van der Waals surface area contributed by atoms with Crippen LogP contribution in [-0.4, -0.2) is 73.2 Å². The Bertz CT molecular complexity index is 660. The summed E-state index contributed by atoms with van der Waals surface area (Å²) in [4.78, 5) is 27.4. The van der Waals surface area contributed by atoms with Gasteiger partial charge in [-0.15, -0.1) is 12.4 Å². The number of likely N-dealkylation sites (N-methyl/N-ethyl adjacent to an activating group) is 1. The van der Waals surface area contributed by atoms with Gasteiger partial charge < -0.3 is 20.1 Å². The van der Waals surface area contributed by atoms with Crippen LogP contribution in [0.3, 0.4) is 0 Å². The van der Waals surface area contributed by atoms with Crippen molar-refractivity contribution in [3.05, 3.63) is 23.2 Å². The molecule has 1 saturated heterocycles. The van der Waals surface area contributed by atoms with Gasteiger partial charge in [0.2, 0.25) is 5.91 Å². The molecule has 2 rings (SSSR count). The van der Waals surface area contributed by atoms with E-state index in [1.807, 2.05) is 11.9 Å². The number of hydrogen-bond acceptors (Lipinski definition) is 5. The van der Waals surface area contributed by atoms with E-state index in [2.05, 4.69) is 10.2 Å². The van der Waals surface area contributed by atoms with Crippen LogP contribution in [-0.2, 0) is 9.59 Å². The maximum atomic E-state index is 12.3. The molecule has 1 unspecified atom stereocenters. The molecule has 1 amide bonds. The van der Waals surface area contributed by atoms with E-state index >= 15 is 0 Å². The summed E-state index contributed by atoms with van der Waals surface area (Å²) in [5, 5.41) is 12.3. The van der Waals surface area contributed by atoms with Crippen molar-refractivity contribution in [2.75, 3.05) is 45.7 Å². The number of halogens is 2. The molecule has 28 heavy (non-hydrogen) atoms. The maximum absolute atomic E-state index is 12.3. The number of nitrogens with zero attached hydrogens (tertiary/aromatic N) is 2. The molecule has 0 radical (unpaired) electrons. The third kappa shape index (κ3) is 7.83. The molecule has 158 valence electrons. The van der Waals surface area contributed by atoms with Gasteiger partial charge in [0.25, 0.3) is 0 Å². The van der Waals surface area contributed by atoms with Gasteiger partial charge in [-0.1, -0.05) is 11.6 Å². The van der Waals surface area contributed by atoms with Crippen LogP contribution in [0.5, 0.6) is 5.75 Å². The van der Waals surface area contributed by atoms with Crippen LogP contribution in [0.1, 0.15) is 25.7 Å². The second-order valence-electron chi connectivity index (χ2n) is 6.88. The second kappa shape index (κ2) is 12.1. The van der Waals surface area contributed by atoms with Gasteiger partial charge in [-0.3, -0.25) is 14.5 Å². The van der Waals surface area contributed by atoms with Crippen LogP contribution in [0, 0.1) is 0 Å². The second-order valence-corrected chi connectivity index (χ2v) is 7.31. The van der Waals surface area contributed by atoms with Gasteiger partial charge in [-0.25, -0.2) is 0 Å². The summed E-state index contributed by atoms with van der Waals surface area (Å²) in [5.74, 6) is -0.307. The molecule has 0 spiro atoms. The predicted octanol–water partition coefficient (Wildman–Crippen LogP) is 2.97. The topological polar surface area (TPSA) is 82.1 Å². The molecule has 9 heteroatoms. The molecule has 0 aliphatic carbocycles. The number of carbonyl (C=O) groups excluding carboxylic acids is 1. The number of anilines is 1. The van der Waals surface area contributed by atoms with Crippen LogP contribution in [0.15, 0.2) is 18.2 Å². The van der Waals surface area contributed by atoms with Crippen LogP contribution in [0.2, 0.25) is 5.02 Å². The first-order valence-electron chi connectivity index (χ1n) is 9.17. The highest BCUT2D eigenvalue weighted by molar-refractivity contribution is 6.31. The molecule has 1 atom stereocenters. The summed E-state index contributed by atoms with van der Waals surface area (Å²) in [5.41, 5.74) is 0.571. The number of carboxylic acid groups (broad SMARTS) is 1. The Morgan fingerprint density at radius 3 is 2.79 bits per heavy atom. The van der Waals surface area contributed by atoms with E-state index in [-0.39, 0.29) is 30.9 Å². The van der Waals surface area contributed by atoms with Gasteiger partial charge in [-0.05, 0) is 57.6 Å². The summed E-state index contributed by atoms with van der Waals surface area (Å²) < 4.78 is 5.24. The molecule has 1 aromatic rings. The Kier molecular flexibility index (Phi) is 10.6. The highest BCUT2D eigenvalue weighted by Crippen LogP contribution is 2.27. The third-order valence-corrected chi connectivity index (χ3v) is 5.12. The van der Waals surface area contributed by atoms with Crippen molar-refractivity contribution in [1.29, 1.82) is 0 Å². The number of carbonyl (C=O) groups is 2. The number of rotatable bonds is 8. The van der Waals surface area contributed by atoms with Crippen LogP contribution in [0.4, 0.5) is 5.69 Å². The van der Waals surface area contributed by atoms with E-state index in [0.717, 1.165) is 32.4 Å². The van der Waals surface area contributed by atoms with E-state index in [4.69, 9.17) is 21.4 Å². The van der Waals surface area contributed by atoms with Gasteiger partial charge in [0, 0.05) is 24.0 Å². The zero-order valence-corrected chi connectivity index (χ0v) is 17.9. The zero-order chi connectivity index (χ0) is 19.8. The molecule has 0 bridgehead atoms. The third-order valence-electron chi connectivity index (χ3n) is 4.89. The number of amides is 1.